The highest BCUT2D eigenvalue weighted by molar-refractivity contribution is 7.92. The SMILES string of the molecule is Cc1ccc(NS(=O)(=O)c2ccc(CC(N)=S)cc2)nc1. The standard InChI is InChI=1S/C14H15N3O2S2/c1-10-2-7-14(16-9-10)17-21(18,19)12-5-3-11(4-6-12)8-13(15)20/h2-7,9H,8H2,1H3,(H2,15,20)(H,16,17). The van der Waals surface area contributed by atoms with Gasteiger partial charge in [0.1, 0.15) is 5.82 Å². The summed E-state index contributed by atoms with van der Waals surface area (Å²) in [6.07, 6.45) is 2.05. The first-order chi connectivity index (χ1) is 9.87. The molecule has 0 spiro atoms. The minimum atomic E-state index is -3.65. The van der Waals surface area contributed by atoms with Crippen LogP contribution in [-0.4, -0.2) is 18.4 Å². The van der Waals surface area contributed by atoms with E-state index in [1.165, 1.54) is 12.1 Å². The van der Waals surface area contributed by atoms with Crippen LogP contribution in [0.4, 0.5) is 5.82 Å². The second-order valence-corrected chi connectivity index (χ2v) is 6.82. The average Bonchev–Trinajstić information content (AvgIpc) is 2.41. The van der Waals surface area contributed by atoms with Crippen LogP contribution in [0.25, 0.3) is 0 Å². The van der Waals surface area contributed by atoms with E-state index in [1.54, 1.807) is 30.5 Å². The summed E-state index contributed by atoms with van der Waals surface area (Å²) in [5.41, 5.74) is 7.28. The number of anilines is 1. The summed E-state index contributed by atoms with van der Waals surface area (Å²) >= 11 is 4.82. The third-order valence-electron chi connectivity index (χ3n) is 2.76. The maximum Gasteiger partial charge on any atom is 0.263 e. The number of aryl methyl sites for hydroxylation is 1. The Balaban J connectivity index is 2.19. The van der Waals surface area contributed by atoms with Crippen LogP contribution in [0.15, 0.2) is 47.5 Å². The number of nitrogens with two attached hydrogens (primary N) is 1. The van der Waals surface area contributed by atoms with Gasteiger partial charge in [0.15, 0.2) is 0 Å². The quantitative estimate of drug-likeness (QED) is 0.823. The van der Waals surface area contributed by atoms with Gasteiger partial charge in [0.2, 0.25) is 0 Å². The Hall–Kier alpha value is -1.99. The minimum Gasteiger partial charge on any atom is -0.393 e. The van der Waals surface area contributed by atoms with Crippen LogP contribution in [0.1, 0.15) is 11.1 Å². The molecule has 0 amide bonds. The van der Waals surface area contributed by atoms with Gasteiger partial charge in [-0.2, -0.15) is 0 Å². The number of sulfonamides is 1. The molecular formula is C14H15N3O2S2. The van der Waals surface area contributed by atoms with Crippen LogP contribution < -0.4 is 10.5 Å². The molecule has 1 heterocycles. The summed E-state index contributed by atoms with van der Waals surface area (Å²) in [7, 11) is -3.65. The van der Waals surface area contributed by atoms with Gasteiger partial charge in [-0.15, -0.1) is 0 Å². The van der Waals surface area contributed by atoms with Crippen molar-refractivity contribution in [3.8, 4) is 0 Å². The molecule has 2 rings (SSSR count). The molecule has 0 saturated carbocycles. The number of nitrogens with zero attached hydrogens (tertiary/aromatic N) is 1. The normalized spacial score (nSPS) is 11.1. The molecule has 0 radical (unpaired) electrons. The largest absolute Gasteiger partial charge is 0.393 e. The van der Waals surface area contributed by atoms with Gasteiger partial charge < -0.3 is 5.73 Å². The third kappa shape index (κ3) is 4.24. The molecule has 21 heavy (non-hydrogen) atoms. The summed E-state index contributed by atoms with van der Waals surface area (Å²) in [6, 6.07) is 9.82. The van der Waals surface area contributed by atoms with Crippen LogP contribution in [0.5, 0.6) is 0 Å². The smallest absolute Gasteiger partial charge is 0.263 e. The van der Waals surface area contributed by atoms with Crippen molar-refractivity contribution in [2.24, 2.45) is 5.73 Å². The molecule has 0 aliphatic rings. The van der Waals surface area contributed by atoms with Crippen molar-refractivity contribution >= 4 is 33.0 Å². The highest BCUT2D eigenvalue weighted by Crippen LogP contribution is 2.15. The Morgan fingerprint density at radius 1 is 1.24 bits per heavy atom. The van der Waals surface area contributed by atoms with Crippen molar-refractivity contribution in [2.75, 3.05) is 4.72 Å². The van der Waals surface area contributed by atoms with Gasteiger partial charge in [-0.25, -0.2) is 13.4 Å². The molecule has 0 saturated heterocycles. The predicted octanol–water partition coefficient (Wildman–Crippen LogP) is 2.02. The van der Waals surface area contributed by atoms with Gasteiger partial charge in [-0.05, 0) is 36.2 Å². The van der Waals surface area contributed by atoms with Crippen LogP contribution in [0.3, 0.4) is 0 Å². The molecule has 1 aromatic heterocycles. The van der Waals surface area contributed by atoms with Crippen molar-refractivity contribution in [3.05, 3.63) is 53.7 Å². The molecule has 3 N–H and O–H groups in total. The minimum absolute atomic E-state index is 0.163. The molecule has 1 aromatic carbocycles. The molecule has 0 unspecified atom stereocenters. The zero-order valence-corrected chi connectivity index (χ0v) is 13.0. The molecule has 0 atom stereocenters. The van der Waals surface area contributed by atoms with Crippen LogP contribution >= 0.6 is 12.2 Å². The Labute approximate surface area is 129 Å². The Morgan fingerprint density at radius 3 is 2.43 bits per heavy atom. The van der Waals surface area contributed by atoms with E-state index in [2.05, 4.69) is 9.71 Å². The summed E-state index contributed by atoms with van der Waals surface area (Å²) < 4.78 is 26.9. The van der Waals surface area contributed by atoms with Crippen molar-refractivity contribution in [2.45, 2.75) is 18.2 Å². The molecule has 0 fully saturated rings. The summed E-state index contributed by atoms with van der Waals surface area (Å²) in [4.78, 5) is 4.55. The number of benzene rings is 1. The topological polar surface area (TPSA) is 85.1 Å². The summed E-state index contributed by atoms with van der Waals surface area (Å²) in [6.45, 7) is 1.88. The van der Waals surface area contributed by atoms with Gasteiger partial charge >= 0.3 is 0 Å². The Bertz CT molecular complexity index is 739. The van der Waals surface area contributed by atoms with E-state index in [4.69, 9.17) is 18.0 Å². The van der Waals surface area contributed by atoms with Crippen LogP contribution in [0.2, 0.25) is 0 Å². The van der Waals surface area contributed by atoms with Gasteiger partial charge in [-0.1, -0.05) is 30.4 Å². The number of nitrogens with one attached hydrogen (secondary N) is 1. The third-order valence-corrected chi connectivity index (χ3v) is 4.28. The number of aromatic nitrogens is 1. The van der Waals surface area contributed by atoms with E-state index < -0.39 is 10.0 Å². The van der Waals surface area contributed by atoms with E-state index in [0.29, 0.717) is 11.4 Å². The second kappa shape index (κ2) is 6.19. The van der Waals surface area contributed by atoms with Gasteiger partial charge in [-0.3, -0.25) is 4.72 Å². The predicted molar refractivity (Wildman–Crippen MR) is 86.7 cm³/mol. The lowest BCUT2D eigenvalue weighted by atomic mass is 10.1. The van der Waals surface area contributed by atoms with Crippen molar-refractivity contribution in [3.63, 3.8) is 0 Å². The number of rotatable bonds is 5. The molecule has 0 aliphatic carbocycles. The van der Waals surface area contributed by atoms with Crippen molar-refractivity contribution < 1.29 is 8.42 Å². The lowest BCUT2D eigenvalue weighted by Crippen LogP contribution is -2.14. The zero-order valence-electron chi connectivity index (χ0n) is 11.4. The first-order valence-electron chi connectivity index (χ1n) is 6.19. The lowest BCUT2D eigenvalue weighted by molar-refractivity contribution is 0.601. The fraction of sp³-hybridized carbons (Fsp3) is 0.143. The maximum absolute atomic E-state index is 12.2. The van der Waals surface area contributed by atoms with E-state index in [9.17, 15) is 8.42 Å². The monoisotopic (exact) mass is 321 g/mol. The van der Waals surface area contributed by atoms with Crippen LogP contribution in [-0.2, 0) is 16.4 Å². The molecular weight excluding hydrogens is 306 g/mol. The first kappa shape index (κ1) is 15.4. The molecule has 5 nitrogen and oxygen atoms in total. The van der Waals surface area contributed by atoms with Crippen LogP contribution in [0, 0.1) is 6.92 Å². The fourth-order valence-electron chi connectivity index (χ4n) is 1.71. The first-order valence-corrected chi connectivity index (χ1v) is 8.09. The van der Waals surface area contributed by atoms with E-state index >= 15 is 0 Å². The van der Waals surface area contributed by atoms with Gasteiger partial charge in [0.25, 0.3) is 10.0 Å². The van der Waals surface area contributed by atoms with E-state index in [-0.39, 0.29) is 10.7 Å². The molecule has 2 aromatic rings. The lowest BCUT2D eigenvalue weighted by Gasteiger charge is -2.08. The molecule has 110 valence electrons. The van der Waals surface area contributed by atoms with Crippen molar-refractivity contribution in [1.29, 1.82) is 0 Å². The number of pyridine rings is 1. The molecule has 7 heteroatoms. The van der Waals surface area contributed by atoms with Crippen molar-refractivity contribution in [1.82, 2.24) is 4.98 Å². The Morgan fingerprint density at radius 2 is 1.90 bits per heavy atom. The average molecular weight is 321 g/mol. The zero-order chi connectivity index (χ0) is 15.5. The highest BCUT2D eigenvalue weighted by atomic mass is 32.2. The van der Waals surface area contributed by atoms with E-state index in [1.807, 2.05) is 6.92 Å². The number of hydrogen-bond donors (Lipinski definition) is 2. The van der Waals surface area contributed by atoms with Gasteiger partial charge in [0.05, 0.1) is 9.88 Å². The molecule has 0 bridgehead atoms. The van der Waals surface area contributed by atoms with E-state index in [0.717, 1.165) is 11.1 Å². The summed E-state index contributed by atoms with van der Waals surface area (Å²) in [5.74, 6) is 0.285. The summed E-state index contributed by atoms with van der Waals surface area (Å²) in [5, 5.41) is 0. The fourth-order valence-corrected chi connectivity index (χ4v) is 2.89. The maximum atomic E-state index is 12.2. The number of thiocarbonyl (C=S) groups is 1. The van der Waals surface area contributed by atoms with Gasteiger partial charge in [0, 0.05) is 12.6 Å². The Kier molecular flexibility index (Phi) is 4.54. The second-order valence-electron chi connectivity index (χ2n) is 4.61. The highest BCUT2D eigenvalue weighted by Gasteiger charge is 2.14. The molecule has 0 aliphatic heterocycles. The number of hydrogen-bond acceptors (Lipinski definition) is 4.